The highest BCUT2D eigenvalue weighted by Gasteiger charge is 2.16. The Bertz CT molecular complexity index is 571. The molecule has 0 saturated carbocycles. The van der Waals surface area contributed by atoms with Gasteiger partial charge in [-0.3, -0.25) is 0 Å². The van der Waals surface area contributed by atoms with Crippen molar-refractivity contribution in [2.45, 2.75) is 19.4 Å². The second kappa shape index (κ2) is 7.39. The Labute approximate surface area is 122 Å². The van der Waals surface area contributed by atoms with Crippen molar-refractivity contribution in [3.8, 4) is 11.5 Å². The lowest BCUT2D eigenvalue weighted by atomic mass is 10.2. The molecule has 0 saturated heterocycles. The summed E-state index contributed by atoms with van der Waals surface area (Å²) in [6, 6.07) is 8.71. The van der Waals surface area contributed by atoms with Gasteiger partial charge in [0.25, 0.3) is 5.89 Å². The zero-order valence-electron chi connectivity index (χ0n) is 11.7. The van der Waals surface area contributed by atoms with Crippen LogP contribution < -0.4 is 10.6 Å². The molecule has 0 spiro atoms. The van der Waals surface area contributed by atoms with Gasteiger partial charge in [0.05, 0.1) is 6.04 Å². The predicted octanol–water partition coefficient (Wildman–Crippen LogP) is 1.48. The van der Waals surface area contributed by atoms with E-state index >= 15 is 0 Å². The van der Waals surface area contributed by atoms with Crippen LogP contribution in [0.5, 0.6) is 0 Å². The summed E-state index contributed by atoms with van der Waals surface area (Å²) in [6.45, 7) is 2.23. The molecule has 0 radical (unpaired) electrons. The Kier molecular flexibility index (Phi) is 5.28. The summed E-state index contributed by atoms with van der Waals surface area (Å²) < 4.78 is 5.19. The average molecular weight is 290 g/mol. The highest BCUT2D eigenvalue weighted by atomic mass is 16.5. The summed E-state index contributed by atoms with van der Waals surface area (Å²) in [5.41, 5.74) is 0.829. The van der Waals surface area contributed by atoms with Crippen LogP contribution in [0.4, 0.5) is 4.79 Å². The Morgan fingerprint density at radius 2 is 2.14 bits per heavy atom. The molecule has 0 bridgehead atoms. The normalized spacial score (nSPS) is 11.9. The van der Waals surface area contributed by atoms with Crippen molar-refractivity contribution in [3.05, 3.63) is 36.2 Å². The molecule has 1 aromatic heterocycles. The molecule has 1 aromatic carbocycles. The smallest absolute Gasteiger partial charge is 0.315 e. The van der Waals surface area contributed by atoms with E-state index < -0.39 is 0 Å². The summed E-state index contributed by atoms with van der Waals surface area (Å²) in [4.78, 5) is 15.9. The van der Waals surface area contributed by atoms with Gasteiger partial charge in [-0.15, -0.1) is 0 Å². The molecule has 21 heavy (non-hydrogen) atoms. The highest BCUT2D eigenvalue weighted by molar-refractivity contribution is 5.74. The maximum absolute atomic E-state index is 11.6. The van der Waals surface area contributed by atoms with E-state index in [4.69, 9.17) is 9.63 Å². The van der Waals surface area contributed by atoms with Crippen molar-refractivity contribution < 1.29 is 14.4 Å². The first-order chi connectivity index (χ1) is 10.2. The molecule has 2 rings (SSSR count). The van der Waals surface area contributed by atoms with Crippen LogP contribution in [0.1, 0.15) is 25.2 Å². The monoisotopic (exact) mass is 290 g/mol. The van der Waals surface area contributed by atoms with Gasteiger partial charge in [-0.2, -0.15) is 4.98 Å². The zero-order chi connectivity index (χ0) is 15.1. The van der Waals surface area contributed by atoms with E-state index in [2.05, 4.69) is 20.8 Å². The fourth-order valence-corrected chi connectivity index (χ4v) is 1.70. The lowest BCUT2D eigenvalue weighted by Gasteiger charge is -2.10. The number of carbonyl (C=O) groups excluding carboxylic acids is 1. The standard InChI is InChI=1S/C14H18N4O3/c1-10(16-14(20)15-8-5-9-19)12-17-13(21-18-12)11-6-3-2-4-7-11/h2-4,6-7,10,19H,5,8-9H2,1H3,(H2,15,16,20). The Balaban J connectivity index is 1.93. The number of carbonyl (C=O) groups is 1. The van der Waals surface area contributed by atoms with E-state index in [0.717, 1.165) is 5.56 Å². The van der Waals surface area contributed by atoms with Crippen LogP contribution in [-0.2, 0) is 0 Å². The van der Waals surface area contributed by atoms with Gasteiger partial charge in [0, 0.05) is 18.7 Å². The number of hydrogen-bond acceptors (Lipinski definition) is 5. The van der Waals surface area contributed by atoms with Crippen LogP contribution >= 0.6 is 0 Å². The number of nitrogens with one attached hydrogen (secondary N) is 2. The van der Waals surface area contributed by atoms with Gasteiger partial charge in [0.1, 0.15) is 0 Å². The number of amides is 2. The predicted molar refractivity (Wildman–Crippen MR) is 76.4 cm³/mol. The van der Waals surface area contributed by atoms with Crippen molar-refractivity contribution in [2.75, 3.05) is 13.2 Å². The number of aliphatic hydroxyl groups is 1. The fraction of sp³-hybridized carbons (Fsp3) is 0.357. The van der Waals surface area contributed by atoms with Crippen molar-refractivity contribution in [2.24, 2.45) is 0 Å². The minimum Gasteiger partial charge on any atom is -0.396 e. The number of benzene rings is 1. The van der Waals surface area contributed by atoms with E-state index in [1.807, 2.05) is 30.3 Å². The molecule has 0 aliphatic rings. The number of hydrogen-bond donors (Lipinski definition) is 3. The summed E-state index contributed by atoms with van der Waals surface area (Å²) in [5.74, 6) is 0.825. The van der Waals surface area contributed by atoms with E-state index in [1.165, 1.54) is 0 Å². The molecule has 1 heterocycles. The molecule has 0 aliphatic heterocycles. The summed E-state index contributed by atoms with van der Waals surface area (Å²) in [7, 11) is 0. The molecule has 0 aliphatic carbocycles. The van der Waals surface area contributed by atoms with E-state index in [-0.39, 0.29) is 18.7 Å². The van der Waals surface area contributed by atoms with Crippen molar-refractivity contribution in [1.29, 1.82) is 0 Å². The number of nitrogens with zero attached hydrogens (tertiary/aromatic N) is 2. The Morgan fingerprint density at radius 1 is 1.38 bits per heavy atom. The lowest BCUT2D eigenvalue weighted by molar-refractivity contribution is 0.234. The van der Waals surface area contributed by atoms with E-state index in [0.29, 0.717) is 24.7 Å². The molecule has 3 N–H and O–H groups in total. The Hall–Kier alpha value is -2.41. The van der Waals surface area contributed by atoms with Crippen molar-refractivity contribution in [3.63, 3.8) is 0 Å². The van der Waals surface area contributed by atoms with Gasteiger partial charge in [0.2, 0.25) is 0 Å². The van der Waals surface area contributed by atoms with Gasteiger partial charge in [-0.25, -0.2) is 4.79 Å². The molecule has 0 fully saturated rings. The van der Waals surface area contributed by atoms with E-state index in [9.17, 15) is 4.79 Å². The molecule has 1 atom stereocenters. The first kappa shape index (κ1) is 15.0. The molecule has 2 aromatic rings. The van der Waals surface area contributed by atoms with Crippen LogP contribution in [0.2, 0.25) is 0 Å². The molecule has 112 valence electrons. The summed E-state index contributed by atoms with van der Waals surface area (Å²) >= 11 is 0. The van der Waals surface area contributed by atoms with Crippen LogP contribution in [0.3, 0.4) is 0 Å². The second-order valence-electron chi connectivity index (χ2n) is 4.52. The number of rotatable bonds is 6. The molecule has 7 nitrogen and oxygen atoms in total. The minimum absolute atomic E-state index is 0.0428. The van der Waals surface area contributed by atoms with E-state index in [1.54, 1.807) is 6.92 Å². The molecular formula is C14H18N4O3. The van der Waals surface area contributed by atoms with Crippen molar-refractivity contribution >= 4 is 6.03 Å². The first-order valence-electron chi connectivity index (χ1n) is 6.75. The van der Waals surface area contributed by atoms with Gasteiger partial charge in [-0.1, -0.05) is 23.4 Å². The quantitative estimate of drug-likeness (QED) is 0.700. The van der Waals surface area contributed by atoms with Gasteiger partial charge in [0.15, 0.2) is 5.82 Å². The van der Waals surface area contributed by atoms with Crippen LogP contribution in [0.25, 0.3) is 11.5 Å². The number of aliphatic hydroxyl groups excluding tert-OH is 1. The summed E-state index contributed by atoms with van der Waals surface area (Å²) in [6.07, 6.45) is 0.516. The number of aromatic nitrogens is 2. The topological polar surface area (TPSA) is 100 Å². The molecule has 7 heteroatoms. The lowest BCUT2D eigenvalue weighted by Crippen LogP contribution is -2.38. The third kappa shape index (κ3) is 4.28. The van der Waals surface area contributed by atoms with Crippen LogP contribution in [-0.4, -0.2) is 34.4 Å². The second-order valence-corrected chi connectivity index (χ2v) is 4.52. The first-order valence-corrected chi connectivity index (χ1v) is 6.75. The zero-order valence-corrected chi connectivity index (χ0v) is 11.7. The van der Waals surface area contributed by atoms with Crippen molar-refractivity contribution in [1.82, 2.24) is 20.8 Å². The Morgan fingerprint density at radius 3 is 2.86 bits per heavy atom. The van der Waals surface area contributed by atoms with Crippen LogP contribution in [0, 0.1) is 0 Å². The van der Waals surface area contributed by atoms with Gasteiger partial charge in [-0.05, 0) is 25.5 Å². The third-order valence-corrected chi connectivity index (χ3v) is 2.82. The van der Waals surface area contributed by atoms with Gasteiger partial charge >= 0.3 is 6.03 Å². The number of urea groups is 1. The fourth-order valence-electron chi connectivity index (χ4n) is 1.70. The molecule has 1 unspecified atom stereocenters. The maximum atomic E-state index is 11.6. The largest absolute Gasteiger partial charge is 0.396 e. The maximum Gasteiger partial charge on any atom is 0.315 e. The SMILES string of the molecule is CC(NC(=O)NCCCO)c1noc(-c2ccccc2)n1. The average Bonchev–Trinajstić information content (AvgIpc) is 2.98. The van der Waals surface area contributed by atoms with Gasteiger partial charge < -0.3 is 20.3 Å². The minimum atomic E-state index is -0.375. The highest BCUT2D eigenvalue weighted by Crippen LogP contribution is 2.18. The summed E-state index contributed by atoms with van der Waals surface area (Å²) in [5, 5.41) is 17.8. The molecular weight excluding hydrogens is 272 g/mol. The third-order valence-electron chi connectivity index (χ3n) is 2.82. The van der Waals surface area contributed by atoms with Crippen LogP contribution in [0.15, 0.2) is 34.9 Å². The molecule has 2 amide bonds.